The molecule has 0 bridgehead atoms. The Hall–Kier alpha value is -4.82. The minimum absolute atomic E-state index is 0.0917. The monoisotopic (exact) mass is 575 g/mol. The minimum Gasteiger partial charge on any atom is -0.497 e. The highest BCUT2D eigenvalue weighted by molar-refractivity contribution is 7.21. The van der Waals surface area contributed by atoms with E-state index < -0.39 is 11.9 Å². The zero-order valence-electron chi connectivity index (χ0n) is 23.5. The fourth-order valence-electron chi connectivity index (χ4n) is 5.15. The molecule has 7 nitrogen and oxygen atoms in total. The lowest BCUT2D eigenvalue weighted by Crippen LogP contribution is -2.45. The third-order valence-electron chi connectivity index (χ3n) is 7.49. The number of carbonyl (C=O) groups excluding carboxylic acids is 3. The number of aromatic nitrogens is 1. The quantitative estimate of drug-likeness (QED) is 0.205. The molecule has 1 fully saturated rings. The van der Waals surface area contributed by atoms with E-state index in [4.69, 9.17) is 9.72 Å². The zero-order valence-corrected chi connectivity index (χ0v) is 24.4. The van der Waals surface area contributed by atoms with Crippen molar-refractivity contribution in [2.75, 3.05) is 12.0 Å². The van der Waals surface area contributed by atoms with Gasteiger partial charge in [0.05, 0.1) is 29.4 Å². The van der Waals surface area contributed by atoms with E-state index in [1.807, 2.05) is 55.5 Å². The number of thiazole rings is 1. The number of hydrogen-bond acceptors (Lipinski definition) is 6. The Balaban J connectivity index is 1.28. The van der Waals surface area contributed by atoms with Crippen LogP contribution in [0.15, 0.2) is 91.0 Å². The first-order valence-electron chi connectivity index (χ1n) is 13.7. The van der Waals surface area contributed by atoms with E-state index in [1.165, 1.54) is 15.4 Å². The number of nitrogens with zero attached hydrogens (tertiary/aromatic N) is 3. The molecule has 6 rings (SSSR count). The summed E-state index contributed by atoms with van der Waals surface area (Å²) in [5.74, 6) is -0.464. The lowest BCUT2D eigenvalue weighted by Gasteiger charge is -2.28. The summed E-state index contributed by atoms with van der Waals surface area (Å²) in [6.45, 7) is 4.24. The van der Waals surface area contributed by atoms with Gasteiger partial charge in [-0.3, -0.25) is 14.4 Å². The first-order valence-corrected chi connectivity index (χ1v) is 14.5. The van der Waals surface area contributed by atoms with Gasteiger partial charge >= 0.3 is 0 Å². The lowest BCUT2D eigenvalue weighted by molar-refractivity contribution is -0.122. The van der Waals surface area contributed by atoms with Crippen LogP contribution in [0.2, 0.25) is 0 Å². The molecular weight excluding hydrogens is 546 g/mol. The van der Waals surface area contributed by atoms with Crippen LogP contribution in [0.5, 0.6) is 5.75 Å². The molecule has 8 heteroatoms. The van der Waals surface area contributed by atoms with E-state index in [2.05, 4.69) is 13.0 Å². The van der Waals surface area contributed by atoms with Gasteiger partial charge in [0.25, 0.3) is 11.8 Å². The maximum absolute atomic E-state index is 13.8. The summed E-state index contributed by atoms with van der Waals surface area (Å²) in [6.07, 6.45) is -0.0917. The fourth-order valence-corrected chi connectivity index (χ4v) is 6.22. The summed E-state index contributed by atoms with van der Waals surface area (Å²) in [5, 5.41) is 0.869. The lowest BCUT2D eigenvalue weighted by atomic mass is 10.1. The number of rotatable bonds is 7. The van der Waals surface area contributed by atoms with E-state index in [9.17, 15) is 14.4 Å². The Morgan fingerprint density at radius 1 is 0.929 bits per heavy atom. The number of benzene rings is 4. The smallest absolute Gasteiger partial charge is 0.257 e. The van der Waals surface area contributed by atoms with Crippen LogP contribution in [0.1, 0.15) is 33.5 Å². The van der Waals surface area contributed by atoms with Gasteiger partial charge in [0, 0.05) is 17.7 Å². The molecule has 3 amide bonds. The van der Waals surface area contributed by atoms with E-state index in [1.54, 1.807) is 54.8 Å². The van der Waals surface area contributed by atoms with Gasteiger partial charge in [-0.15, -0.1) is 11.3 Å². The molecule has 1 aliphatic heterocycles. The Bertz CT molecular complexity index is 1790. The third-order valence-corrected chi connectivity index (χ3v) is 8.55. The molecular formula is C34H29N3O4S. The van der Waals surface area contributed by atoms with Crippen molar-refractivity contribution in [3.8, 4) is 16.3 Å². The summed E-state index contributed by atoms with van der Waals surface area (Å²) in [5.41, 5.74) is 5.87. The van der Waals surface area contributed by atoms with Crippen molar-refractivity contribution in [1.82, 2.24) is 9.88 Å². The SMILES string of the molecule is COc1ccc(C(=O)N(Cc2ccc(C)cc2)C2CC(=O)N(c3ccc(-c4nc5ccc(C)cc5s4)cc3)C2=O)cc1. The van der Waals surface area contributed by atoms with Crippen molar-refractivity contribution in [1.29, 1.82) is 0 Å². The normalized spacial score (nSPS) is 14.9. The fraction of sp³-hybridized carbons (Fsp3) is 0.176. The van der Waals surface area contributed by atoms with Crippen molar-refractivity contribution in [2.45, 2.75) is 32.9 Å². The second kappa shape index (κ2) is 11.2. The number of methoxy groups -OCH3 is 1. The highest BCUT2D eigenvalue weighted by atomic mass is 32.1. The molecule has 1 unspecified atom stereocenters. The second-order valence-corrected chi connectivity index (χ2v) is 11.5. The molecule has 1 aliphatic rings. The van der Waals surface area contributed by atoms with Crippen molar-refractivity contribution in [2.24, 2.45) is 0 Å². The van der Waals surface area contributed by atoms with Crippen LogP contribution < -0.4 is 9.64 Å². The van der Waals surface area contributed by atoms with Crippen LogP contribution in [-0.2, 0) is 16.1 Å². The summed E-state index contributed by atoms with van der Waals surface area (Å²) in [7, 11) is 1.56. The number of ether oxygens (including phenoxy) is 1. The summed E-state index contributed by atoms with van der Waals surface area (Å²) in [4.78, 5) is 48.3. The van der Waals surface area contributed by atoms with Crippen molar-refractivity contribution in [3.05, 3.63) is 113 Å². The zero-order chi connectivity index (χ0) is 29.4. The third kappa shape index (κ3) is 5.29. The van der Waals surface area contributed by atoms with Crippen LogP contribution in [0.25, 0.3) is 20.8 Å². The van der Waals surface area contributed by atoms with Gasteiger partial charge in [0.2, 0.25) is 5.91 Å². The van der Waals surface area contributed by atoms with Gasteiger partial charge < -0.3 is 9.64 Å². The standard InChI is InChI=1S/C34H29N3O4S/c1-21-4-7-23(8-5-21)20-36(33(39)25-11-15-27(41-3)16-12-25)29-19-31(38)37(34(29)40)26-13-9-24(10-14-26)32-35-28-17-6-22(2)18-30(28)42-32/h4-18,29H,19-20H2,1-3H3. The molecule has 42 heavy (non-hydrogen) atoms. The van der Waals surface area contributed by atoms with E-state index in [-0.39, 0.29) is 24.8 Å². The molecule has 1 atom stereocenters. The van der Waals surface area contributed by atoms with Crippen LogP contribution in [0.4, 0.5) is 5.69 Å². The number of imide groups is 1. The van der Waals surface area contributed by atoms with Gasteiger partial charge in [-0.25, -0.2) is 9.88 Å². The van der Waals surface area contributed by atoms with E-state index >= 15 is 0 Å². The van der Waals surface area contributed by atoms with Gasteiger partial charge in [-0.05, 0) is 85.6 Å². The molecule has 0 N–H and O–H groups in total. The number of hydrogen-bond donors (Lipinski definition) is 0. The van der Waals surface area contributed by atoms with E-state index in [0.717, 1.165) is 31.9 Å². The first kappa shape index (κ1) is 27.4. The maximum Gasteiger partial charge on any atom is 0.257 e. The van der Waals surface area contributed by atoms with Crippen LogP contribution in [0.3, 0.4) is 0 Å². The first-order chi connectivity index (χ1) is 20.3. The van der Waals surface area contributed by atoms with Gasteiger partial charge in [-0.1, -0.05) is 35.9 Å². The second-order valence-electron chi connectivity index (χ2n) is 10.5. The molecule has 1 saturated heterocycles. The number of carbonyl (C=O) groups is 3. The number of fused-ring (bicyclic) bond motifs is 1. The Labute approximate surface area is 248 Å². The maximum atomic E-state index is 13.8. The summed E-state index contributed by atoms with van der Waals surface area (Å²) >= 11 is 1.60. The topological polar surface area (TPSA) is 79.8 Å². The van der Waals surface area contributed by atoms with Crippen molar-refractivity contribution >= 4 is 45.0 Å². The largest absolute Gasteiger partial charge is 0.497 e. The average Bonchev–Trinajstić information content (AvgIpc) is 3.56. The molecule has 0 saturated carbocycles. The van der Waals surface area contributed by atoms with Gasteiger partial charge in [-0.2, -0.15) is 0 Å². The Morgan fingerprint density at radius 3 is 2.31 bits per heavy atom. The highest BCUT2D eigenvalue weighted by Gasteiger charge is 2.44. The van der Waals surface area contributed by atoms with Gasteiger partial charge in [0.1, 0.15) is 16.8 Å². The molecule has 210 valence electrons. The molecule has 2 heterocycles. The predicted molar refractivity (Wildman–Crippen MR) is 165 cm³/mol. The average molecular weight is 576 g/mol. The van der Waals surface area contributed by atoms with Gasteiger partial charge in [0.15, 0.2) is 0 Å². The molecule has 0 spiro atoms. The molecule has 0 radical (unpaired) electrons. The summed E-state index contributed by atoms with van der Waals surface area (Å²) in [6, 6.07) is 27.1. The minimum atomic E-state index is -0.930. The molecule has 0 aliphatic carbocycles. The van der Waals surface area contributed by atoms with Crippen LogP contribution in [0, 0.1) is 13.8 Å². The van der Waals surface area contributed by atoms with Crippen LogP contribution >= 0.6 is 11.3 Å². The predicted octanol–water partition coefficient (Wildman–Crippen LogP) is 6.56. The van der Waals surface area contributed by atoms with Crippen molar-refractivity contribution < 1.29 is 19.1 Å². The highest BCUT2D eigenvalue weighted by Crippen LogP contribution is 2.33. The number of anilines is 1. The molecule has 5 aromatic rings. The number of aryl methyl sites for hydroxylation is 2. The molecule has 1 aromatic heterocycles. The van der Waals surface area contributed by atoms with Crippen LogP contribution in [-0.4, -0.2) is 40.8 Å². The van der Waals surface area contributed by atoms with E-state index in [0.29, 0.717) is 17.0 Å². The number of amides is 3. The summed E-state index contributed by atoms with van der Waals surface area (Å²) < 4.78 is 6.34. The Kier molecular flexibility index (Phi) is 7.31. The Morgan fingerprint density at radius 2 is 1.62 bits per heavy atom. The van der Waals surface area contributed by atoms with Crippen molar-refractivity contribution in [3.63, 3.8) is 0 Å². The molecule has 4 aromatic carbocycles.